The van der Waals surface area contributed by atoms with Crippen LogP contribution >= 0.6 is 0 Å². The standard InChI is InChI=1S/C14H27N3O3/c1-4-11(2)16(3)10-7-15-14(20)17-8-5-12(6-9-17)13(18)19/h11-12H,4-10H2,1-3H3,(H,15,20)(H,18,19). The molecule has 1 saturated heterocycles. The van der Waals surface area contributed by atoms with Gasteiger partial charge in [-0.3, -0.25) is 4.79 Å². The zero-order valence-electron chi connectivity index (χ0n) is 12.8. The number of hydrogen-bond donors (Lipinski definition) is 2. The number of likely N-dealkylation sites (tertiary alicyclic amines) is 1. The van der Waals surface area contributed by atoms with E-state index in [1.165, 1.54) is 0 Å². The van der Waals surface area contributed by atoms with E-state index in [0.29, 0.717) is 38.5 Å². The maximum atomic E-state index is 11.9. The van der Waals surface area contributed by atoms with Crippen molar-refractivity contribution in [3.05, 3.63) is 0 Å². The second kappa shape index (κ2) is 8.09. The van der Waals surface area contributed by atoms with Crippen molar-refractivity contribution < 1.29 is 14.7 Å². The van der Waals surface area contributed by atoms with Gasteiger partial charge in [0.15, 0.2) is 0 Å². The van der Waals surface area contributed by atoms with Gasteiger partial charge in [0, 0.05) is 32.2 Å². The van der Waals surface area contributed by atoms with Crippen molar-refractivity contribution in [3.8, 4) is 0 Å². The lowest BCUT2D eigenvalue weighted by atomic mass is 9.97. The van der Waals surface area contributed by atoms with Gasteiger partial charge in [-0.25, -0.2) is 4.79 Å². The number of rotatable bonds is 6. The Morgan fingerprint density at radius 1 is 1.40 bits per heavy atom. The van der Waals surface area contributed by atoms with E-state index in [0.717, 1.165) is 13.0 Å². The largest absolute Gasteiger partial charge is 0.481 e. The Morgan fingerprint density at radius 2 is 2.00 bits per heavy atom. The van der Waals surface area contributed by atoms with E-state index in [1.807, 2.05) is 0 Å². The lowest BCUT2D eigenvalue weighted by molar-refractivity contribution is -0.143. The zero-order valence-corrected chi connectivity index (χ0v) is 12.8. The van der Waals surface area contributed by atoms with Gasteiger partial charge in [-0.15, -0.1) is 0 Å². The monoisotopic (exact) mass is 285 g/mol. The fourth-order valence-corrected chi connectivity index (χ4v) is 2.31. The van der Waals surface area contributed by atoms with Gasteiger partial charge in [0.1, 0.15) is 0 Å². The molecule has 1 fully saturated rings. The van der Waals surface area contributed by atoms with E-state index in [4.69, 9.17) is 5.11 Å². The van der Waals surface area contributed by atoms with Crippen molar-refractivity contribution in [3.63, 3.8) is 0 Å². The summed E-state index contributed by atoms with van der Waals surface area (Å²) in [6.45, 7) is 6.82. The van der Waals surface area contributed by atoms with Gasteiger partial charge >= 0.3 is 12.0 Å². The first-order valence-electron chi connectivity index (χ1n) is 7.41. The molecule has 1 aliphatic rings. The van der Waals surface area contributed by atoms with Gasteiger partial charge in [0.25, 0.3) is 0 Å². The van der Waals surface area contributed by atoms with E-state index in [9.17, 15) is 9.59 Å². The molecule has 0 bridgehead atoms. The number of aliphatic carboxylic acids is 1. The Hall–Kier alpha value is -1.30. The molecule has 6 nitrogen and oxygen atoms in total. The highest BCUT2D eigenvalue weighted by molar-refractivity contribution is 5.75. The summed E-state index contributed by atoms with van der Waals surface area (Å²) >= 11 is 0. The number of carbonyl (C=O) groups is 2. The molecule has 1 heterocycles. The van der Waals surface area contributed by atoms with Crippen LogP contribution in [-0.4, -0.2) is 66.2 Å². The SMILES string of the molecule is CCC(C)N(C)CCNC(=O)N1CCC(C(=O)O)CC1. The minimum atomic E-state index is -0.750. The molecular formula is C14H27N3O3. The van der Waals surface area contributed by atoms with Crippen molar-refractivity contribution in [2.45, 2.75) is 39.2 Å². The van der Waals surface area contributed by atoms with Gasteiger partial charge in [-0.05, 0) is 33.2 Å². The molecule has 1 aliphatic heterocycles. The molecule has 116 valence electrons. The normalized spacial score (nSPS) is 18.1. The highest BCUT2D eigenvalue weighted by atomic mass is 16.4. The number of likely N-dealkylation sites (N-methyl/N-ethyl adjacent to an activating group) is 1. The van der Waals surface area contributed by atoms with Gasteiger partial charge in [-0.2, -0.15) is 0 Å². The summed E-state index contributed by atoms with van der Waals surface area (Å²) in [6.07, 6.45) is 2.19. The first kappa shape index (κ1) is 16.8. The molecule has 0 aromatic carbocycles. The van der Waals surface area contributed by atoms with Gasteiger partial charge in [0.2, 0.25) is 0 Å². The quantitative estimate of drug-likeness (QED) is 0.769. The number of hydrogen-bond acceptors (Lipinski definition) is 3. The van der Waals surface area contributed by atoms with Crippen LogP contribution in [0.2, 0.25) is 0 Å². The van der Waals surface area contributed by atoms with E-state index in [1.54, 1.807) is 4.90 Å². The summed E-state index contributed by atoms with van der Waals surface area (Å²) in [5, 5.41) is 11.8. The number of nitrogens with zero attached hydrogens (tertiary/aromatic N) is 2. The van der Waals surface area contributed by atoms with Crippen LogP contribution in [0.3, 0.4) is 0 Å². The zero-order chi connectivity index (χ0) is 15.1. The third-order valence-corrected chi connectivity index (χ3v) is 4.22. The first-order chi connectivity index (χ1) is 9.45. The van der Waals surface area contributed by atoms with Crippen LogP contribution < -0.4 is 5.32 Å². The van der Waals surface area contributed by atoms with Crippen molar-refractivity contribution in [1.82, 2.24) is 15.1 Å². The van der Waals surface area contributed by atoms with Crippen molar-refractivity contribution in [2.24, 2.45) is 5.92 Å². The van der Waals surface area contributed by atoms with Crippen molar-refractivity contribution >= 4 is 12.0 Å². The molecule has 0 aromatic heterocycles. The van der Waals surface area contributed by atoms with E-state index >= 15 is 0 Å². The minimum absolute atomic E-state index is 0.0774. The average Bonchev–Trinajstić information content (AvgIpc) is 2.46. The van der Waals surface area contributed by atoms with Gasteiger partial charge in [0.05, 0.1) is 5.92 Å². The molecule has 0 saturated carbocycles. The Morgan fingerprint density at radius 3 is 2.50 bits per heavy atom. The number of carbonyl (C=O) groups excluding carboxylic acids is 1. The van der Waals surface area contributed by atoms with E-state index < -0.39 is 5.97 Å². The molecule has 0 aliphatic carbocycles. The molecule has 2 amide bonds. The number of carboxylic acids is 1. The summed E-state index contributed by atoms with van der Waals surface area (Å²) in [5.41, 5.74) is 0. The average molecular weight is 285 g/mol. The van der Waals surface area contributed by atoms with E-state index in [2.05, 4.69) is 31.1 Å². The van der Waals surface area contributed by atoms with Crippen LogP contribution in [0.5, 0.6) is 0 Å². The second-order valence-corrected chi connectivity index (χ2v) is 5.57. The number of urea groups is 1. The predicted molar refractivity (Wildman–Crippen MR) is 77.7 cm³/mol. The van der Waals surface area contributed by atoms with Crippen LogP contribution in [0, 0.1) is 5.92 Å². The molecule has 1 atom stereocenters. The molecule has 0 spiro atoms. The fourth-order valence-electron chi connectivity index (χ4n) is 2.31. The molecule has 0 radical (unpaired) electrons. The summed E-state index contributed by atoms with van der Waals surface area (Å²) < 4.78 is 0. The number of amides is 2. The number of nitrogens with one attached hydrogen (secondary N) is 1. The first-order valence-corrected chi connectivity index (χ1v) is 7.41. The van der Waals surface area contributed by atoms with Crippen LogP contribution in [0.25, 0.3) is 0 Å². The van der Waals surface area contributed by atoms with Crippen LogP contribution in [0.4, 0.5) is 4.79 Å². The van der Waals surface area contributed by atoms with Crippen LogP contribution in [0.15, 0.2) is 0 Å². The topological polar surface area (TPSA) is 72.9 Å². The highest BCUT2D eigenvalue weighted by Gasteiger charge is 2.26. The summed E-state index contributed by atoms with van der Waals surface area (Å²) in [4.78, 5) is 26.7. The smallest absolute Gasteiger partial charge is 0.317 e. The van der Waals surface area contributed by atoms with E-state index in [-0.39, 0.29) is 11.9 Å². The van der Waals surface area contributed by atoms with Crippen LogP contribution in [0.1, 0.15) is 33.1 Å². The summed E-state index contributed by atoms with van der Waals surface area (Å²) in [7, 11) is 2.05. The molecule has 1 unspecified atom stereocenters. The molecule has 20 heavy (non-hydrogen) atoms. The molecule has 1 rings (SSSR count). The lowest BCUT2D eigenvalue weighted by Crippen LogP contribution is -2.47. The third-order valence-electron chi connectivity index (χ3n) is 4.22. The number of carboxylic acid groups (broad SMARTS) is 1. The third kappa shape index (κ3) is 5.00. The molecule has 2 N–H and O–H groups in total. The van der Waals surface area contributed by atoms with Crippen LogP contribution in [-0.2, 0) is 4.79 Å². The summed E-state index contributed by atoms with van der Waals surface area (Å²) in [6, 6.07) is 0.435. The lowest BCUT2D eigenvalue weighted by Gasteiger charge is -2.30. The van der Waals surface area contributed by atoms with Crippen molar-refractivity contribution in [2.75, 3.05) is 33.2 Å². The minimum Gasteiger partial charge on any atom is -0.481 e. The maximum absolute atomic E-state index is 11.9. The van der Waals surface area contributed by atoms with Gasteiger partial charge in [-0.1, -0.05) is 6.92 Å². The maximum Gasteiger partial charge on any atom is 0.317 e. The Kier molecular flexibility index (Phi) is 6.78. The summed E-state index contributed by atoms with van der Waals surface area (Å²) in [5.74, 6) is -1.05. The molecule has 6 heteroatoms. The Labute approximate surface area is 121 Å². The fraction of sp³-hybridized carbons (Fsp3) is 0.857. The Bertz CT molecular complexity index is 328. The highest BCUT2D eigenvalue weighted by Crippen LogP contribution is 2.17. The Balaban J connectivity index is 2.22. The predicted octanol–water partition coefficient (Wildman–Crippen LogP) is 1.22. The van der Waals surface area contributed by atoms with Crippen molar-refractivity contribution in [1.29, 1.82) is 0 Å². The molecule has 0 aromatic rings. The molecular weight excluding hydrogens is 258 g/mol. The number of piperidine rings is 1. The van der Waals surface area contributed by atoms with Gasteiger partial charge < -0.3 is 20.2 Å². The second-order valence-electron chi connectivity index (χ2n) is 5.57.